The van der Waals surface area contributed by atoms with E-state index in [4.69, 9.17) is 4.74 Å². The van der Waals surface area contributed by atoms with Gasteiger partial charge in [-0.25, -0.2) is 9.37 Å². The van der Waals surface area contributed by atoms with Gasteiger partial charge in [-0.15, -0.1) is 0 Å². The molecule has 2 saturated heterocycles. The highest BCUT2D eigenvalue weighted by molar-refractivity contribution is 5.63. The summed E-state index contributed by atoms with van der Waals surface area (Å²) in [5.41, 5.74) is 2.48. The Labute approximate surface area is 174 Å². The van der Waals surface area contributed by atoms with Gasteiger partial charge in [0, 0.05) is 36.5 Å². The Bertz CT molecular complexity index is 1180. The summed E-state index contributed by atoms with van der Waals surface area (Å²) < 4.78 is 20.6. The highest BCUT2D eigenvalue weighted by Gasteiger charge is 2.44. The summed E-state index contributed by atoms with van der Waals surface area (Å²) in [6.07, 6.45) is 4.31. The second-order valence-electron chi connectivity index (χ2n) is 8.51. The molecule has 156 valence electrons. The molecule has 0 saturated carbocycles. The number of hydrogen-bond acceptors (Lipinski definition) is 5. The average Bonchev–Trinajstić information content (AvgIpc) is 3.10. The summed E-state index contributed by atoms with van der Waals surface area (Å²) in [7, 11) is 1.42. The largest absolute Gasteiger partial charge is 0.494 e. The predicted molar refractivity (Wildman–Crippen MR) is 115 cm³/mol. The molecule has 0 bridgehead atoms. The molecule has 0 unspecified atom stereocenters. The summed E-state index contributed by atoms with van der Waals surface area (Å²) in [6, 6.07) is 9.90. The Balaban J connectivity index is 1.49. The molecule has 6 nitrogen and oxygen atoms in total. The second-order valence-corrected chi connectivity index (χ2v) is 8.51. The van der Waals surface area contributed by atoms with E-state index >= 15 is 0 Å². The Morgan fingerprint density at radius 2 is 2.13 bits per heavy atom. The Morgan fingerprint density at radius 3 is 2.90 bits per heavy atom. The molecular formula is C23H25FN4O2. The summed E-state index contributed by atoms with van der Waals surface area (Å²) in [4.78, 5) is 19.8. The first kappa shape index (κ1) is 19.1. The maximum absolute atomic E-state index is 14.1. The number of piperidine rings is 1. The SMILES string of the molecule is COc1ccc(-c2cc(=O)n3cc(N4C[C@H]5CCCN[C@@]5(C)C4)ccc3n2)cc1F. The van der Waals surface area contributed by atoms with Crippen molar-refractivity contribution in [2.75, 3.05) is 31.6 Å². The third-order valence-electron chi connectivity index (χ3n) is 6.58. The van der Waals surface area contributed by atoms with Crippen LogP contribution in [0, 0.1) is 11.7 Å². The van der Waals surface area contributed by atoms with Crippen LogP contribution in [0.25, 0.3) is 16.9 Å². The fourth-order valence-corrected chi connectivity index (χ4v) is 4.84. The zero-order chi connectivity index (χ0) is 20.9. The number of methoxy groups -OCH3 is 1. The molecule has 2 fully saturated rings. The molecule has 7 heteroatoms. The molecule has 0 amide bonds. The molecule has 4 heterocycles. The number of ether oxygens (including phenoxy) is 1. The minimum absolute atomic E-state index is 0.124. The lowest BCUT2D eigenvalue weighted by molar-refractivity contribution is 0.233. The molecule has 5 rings (SSSR count). The van der Waals surface area contributed by atoms with Gasteiger partial charge in [0.25, 0.3) is 5.56 Å². The molecule has 2 aromatic heterocycles. The quantitative estimate of drug-likeness (QED) is 0.722. The predicted octanol–water partition coefficient (Wildman–Crippen LogP) is 3.09. The van der Waals surface area contributed by atoms with Gasteiger partial charge in [0.2, 0.25) is 0 Å². The van der Waals surface area contributed by atoms with E-state index < -0.39 is 5.82 Å². The standard InChI is InChI=1S/C23H25FN4O2/c1-23-14-27(12-16(23)4-3-9-25-23)17-6-8-21-26-19(11-22(29)28(21)13-17)15-5-7-20(30-2)18(24)10-15/h5-8,10-11,13,16,25H,3-4,9,12,14H2,1-2H3/t16-,23+/m1/s1. The van der Waals surface area contributed by atoms with Gasteiger partial charge < -0.3 is 15.0 Å². The minimum Gasteiger partial charge on any atom is -0.494 e. The van der Waals surface area contributed by atoms with E-state index in [-0.39, 0.29) is 16.8 Å². The van der Waals surface area contributed by atoms with Crippen LogP contribution in [-0.2, 0) is 0 Å². The minimum atomic E-state index is -0.482. The van der Waals surface area contributed by atoms with Crippen LogP contribution >= 0.6 is 0 Å². The van der Waals surface area contributed by atoms with Crippen LogP contribution < -0.4 is 20.5 Å². The van der Waals surface area contributed by atoms with Gasteiger partial charge in [-0.05, 0) is 62.6 Å². The molecule has 2 aliphatic rings. The number of fused-ring (bicyclic) bond motifs is 2. The number of rotatable bonds is 3. The molecule has 3 aromatic rings. The van der Waals surface area contributed by atoms with Gasteiger partial charge in [-0.3, -0.25) is 9.20 Å². The van der Waals surface area contributed by atoms with Crippen LogP contribution in [0.3, 0.4) is 0 Å². The first-order valence-electron chi connectivity index (χ1n) is 10.3. The Morgan fingerprint density at radius 1 is 1.27 bits per heavy atom. The molecule has 30 heavy (non-hydrogen) atoms. The number of aromatic nitrogens is 2. The number of hydrogen-bond donors (Lipinski definition) is 1. The maximum Gasteiger partial charge on any atom is 0.258 e. The Kier molecular flexibility index (Phi) is 4.50. The molecule has 2 atom stereocenters. The van der Waals surface area contributed by atoms with Crippen molar-refractivity contribution < 1.29 is 9.13 Å². The van der Waals surface area contributed by atoms with Crippen molar-refractivity contribution in [3.8, 4) is 17.0 Å². The van der Waals surface area contributed by atoms with E-state index in [0.717, 1.165) is 25.3 Å². The topological polar surface area (TPSA) is 58.9 Å². The number of pyridine rings is 1. The van der Waals surface area contributed by atoms with Crippen molar-refractivity contribution in [3.63, 3.8) is 0 Å². The lowest BCUT2D eigenvalue weighted by atomic mass is 9.82. The summed E-state index contributed by atoms with van der Waals surface area (Å²) in [5.74, 6) is 0.296. The number of anilines is 1. The van der Waals surface area contributed by atoms with Gasteiger partial charge >= 0.3 is 0 Å². The molecule has 2 aliphatic heterocycles. The highest BCUT2D eigenvalue weighted by atomic mass is 19.1. The van der Waals surface area contributed by atoms with Crippen LogP contribution in [-0.4, -0.2) is 41.7 Å². The van der Waals surface area contributed by atoms with Crippen molar-refractivity contribution in [2.45, 2.75) is 25.3 Å². The van der Waals surface area contributed by atoms with Crippen molar-refractivity contribution in [1.82, 2.24) is 14.7 Å². The van der Waals surface area contributed by atoms with Crippen molar-refractivity contribution in [2.24, 2.45) is 5.92 Å². The van der Waals surface area contributed by atoms with Crippen LogP contribution in [0.1, 0.15) is 19.8 Å². The van der Waals surface area contributed by atoms with E-state index in [1.807, 2.05) is 18.3 Å². The monoisotopic (exact) mass is 408 g/mol. The van der Waals surface area contributed by atoms with Crippen LogP contribution in [0.2, 0.25) is 0 Å². The molecule has 1 N–H and O–H groups in total. The smallest absolute Gasteiger partial charge is 0.258 e. The lowest BCUT2D eigenvalue weighted by Gasteiger charge is -2.36. The highest BCUT2D eigenvalue weighted by Crippen LogP contribution is 2.36. The summed E-state index contributed by atoms with van der Waals surface area (Å²) >= 11 is 0. The fraction of sp³-hybridized carbons (Fsp3) is 0.391. The molecule has 0 aliphatic carbocycles. The van der Waals surface area contributed by atoms with E-state index in [0.29, 0.717) is 22.8 Å². The Hall–Kier alpha value is -2.93. The summed E-state index contributed by atoms with van der Waals surface area (Å²) in [6.45, 7) is 5.28. The zero-order valence-electron chi connectivity index (χ0n) is 17.2. The third kappa shape index (κ3) is 3.13. The number of nitrogens with zero attached hydrogens (tertiary/aromatic N) is 3. The average molecular weight is 408 g/mol. The molecule has 0 spiro atoms. The van der Waals surface area contributed by atoms with Gasteiger partial charge in [-0.2, -0.15) is 0 Å². The van der Waals surface area contributed by atoms with E-state index in [1.54, 1.807) is 16.5 Å². The van der Waals surface area contributed by atoms with Gasteiger partial charge in [0.05, 0.1) is 18.5 Å². The van der Waals surface area contributed by atoms with Crippen molar-refractivity contribution in [3.05, 3.63) is 58.8 Å². The van der Waals surface area contributed by atoms with Crippen LogP contribution in [0.5, 0.6) is 5.75 Å². The molecule has 0 radical (unpaired) electrons. The first-order chi connectivity index (χ1) is 14.5. The normalized spacial score (nSPS) is 23.6. The van der Waals surface area contributed by atoms with E-state index in [2.05, 4.69) is 22.1 Å². The van der Waals surface area contributed by atoms with Crippen molar-refractivity contribution >= 4 is 11.3 Å². The third-order valence-corrected chi connectivity index (χ3v) is 6.58. The van der Waals surface area contributed by atoms with Gasteiger partial charge in [0.15, 0.2) is 11.6 Å². The summed E-state index contributed by atoms with van der Waals surface area (Å²) in [5, 5.41) is 3.68. The molecule has 1 aromatic carbocycles. The number of nitrogens with one attached hydrogen (secondary N) is 1. The molecular weight excluding hydrogens is 383 g/mol. The van der Waals surface area contributed by atoms with Gasteiger partial charge in [-0.1, -0.05) is 0 Å². The fourth-order valence-electron chi connectivity index (χ4n) is 4.84. The number of halogens is 1. The van der Waals surface area contributed by atoms with Crippen LogP contribution in [0.15, 0.2) is 47.4 Å². The zero-order valence-corrected chi connectivity index (χ0v) is 17.2. The first-order valence-corrected chi connectivity index (χ1v) is 10.3. The van der Waals surface area contributed by atoms with Crippen molar-refractivity contribution in [1.29, 1.82) is 0 Å². The lowest BCUT2D eigenvalue weighted by Crippen LogP contribution is -2.52. The number of benzene rings is 1. The maximum atomic E-state index is 14.1. The van der Waals surface area contributed by atoms with E-state index in [9.17, 15) is 9.18 Å². The second kappa shape index (κ2) is 7.09. The van der Waals surface area contributed by atoms with Gasteiger partial charge in [0.1, 0.15) is 5.65 Å². The van der Waals surface area contributed by atoms with E-state index in [1.165, 1.54) is 32.1 Å². The van der Waals surface area contributed by atoms with Crippen LogP contribution in [0.4, 0.5) is 10.1 Å².